The highest BCUT2D eigenvalue weighted by molar-refractivity contribution is 4.86. The van der Waals surface area contributed by atoms with E-state index < -0.39 is 23.9 Å². The first-order valence-corrected chi connectivity index (χ1v) is 14.2. The SMILES string of the molecule is CCN(CC)CCOCC(OC(CNC(C)(C)CCNC(C)(C)CCN)OC(C)C)C(CO)C(C)(C)O. The van der Waals surface area contributed by atoms with E-state index >= 15 is 0 Å². The fourth-order valence-corrected chi connectivity index (χ4v) is 4.22. The summed E-state index contributed by atoms with van der Waals surface area (Å²) in [5.74, 6) is -0.527. The van der Waals surface area contributed by atoms with Crippen molar-refractivity contribution in [1.29, 1.82) is 0 Å². The molecule has 0 heterocycles. The number of rotatable bonds is 23. The highest BCUT2D eigenvalue weighted by atomic mass is 16.7. The molecular formula is C28H62N4O5. The second-order valence-corrected chi connectivity index (χ2v) is 12.2. The van der Waals surface area contributed by atoms with Crippen molar-refractivity contribution in [2.24, 2.45) is 11.7 Å². The van der Waals surface area contributed by atoms with E-state index in [0.717, 1.165) is 39.0 Å². The number of ether oxygens (including phenoxy) is 3. The van der Waals surface area contributed by atoms with Gasteiger partial charge in [-0.05, 0) is 94.4 Å². The third-order valence-electron chi connectivity index (χ3n) is 6.90. The monoisotopic (exact) mass is 534 g/mol. The lowest BCUT2D eigenvalue weighted by atomic mass is 9.87. The number of nitrogens with two attached hydrogens (primary N) is 1. The summed E-state index contributed by atoms with van der Waals surface area (Å²) in [7, 11) is 0. The van der Waals surface area contributed by atoms with Crippen LogP contribution in [-0.4, -0.2) is 109 Å². The van der Waals surface area contributed by atoms with Crippen LogP contribution in [0.1, 0.15) is 82.1 Å². The van der Waals surface area contributed by atoms with E-state index in [4.69, 9.17) is 19.9 Å². The Kier molecular flexibility index (Phi) is 17.9. The van der Waals surface area contributed by atoms with Crippen LogP contribution in [0.4, 0.5) is 0 Å². The molecular weight excluding hydrogens is 472 g/mol. The zero-order valence-electron chi connectivity index (χ0n) is 25.7. The Morgan fingerprint density at radius 2 is 1.51 bits per heavy atom. The van der Waals surface area contributed by atoms with Gasteiger partial charge in [0.1, 0.15) is 0 Å². The van der Waals surface area contributed by atoms with Crippen LogP contribution in [0.15, 0.2) is 0 Å². The summed E-state index contributed by atoms with van der Waals surface area (Å²) < 4.78 is 18.5. The molecule has 224 valence electrons. The number of likely N-dealkylation sites (N-methyl/N-ethyl adjacent to an activating group) is 1. The van der Waals surface area contributed by atoms with E-state index in [2.05, 4.69) is 57.1 Å². The lowest BCUT2D eigenvalue weighted by Gasteiger charge is -2.38. The van der Waals surface area contributed by atoms with Gasteiger partial charge in [-0.25, -0.2) is 0 Å². The van der Waals surface area contributed by atoms with Gasteiger partial charge >= 0.3 is 0 Å². The molecule has 0 aliphatic heterocycles. The standard InChI is InChI=1S/C28H62N4O5/c1-11-32(12-2)17-18-35-21-24(23(20-33)28(9,10)34)37-25(36-22(3)4)19-31-27(7,8)14-16-30-26(5,6)13-15-29/h22-25,30-31,33-34H,11-21,29H2,1-10H3. The van der Waals surface area contributed by atoms with Crippen molar-refractivity contribution in [2.45, 2.75) is 117 Å². The third-order valence-corrected chi connectivity index (χ3v) is 6.90. The molecule has 0 aromatic heterocycles. The third kappa shape index (κ3) is 17.0. The van der Waals surface area contributed by atoms with Crippen molar-refractivity contribution in [3.63, 3.8) is 0 Å². The number of aliphatic hydroxyl groups excluding tert-OH is 1. The minimum absolute atomic E-state index is 0.00610. The quantitative estimate of drug-likeness (QED) is 0.0993. The van der Waals surface area contributed by atoms with Gasteiger partial charge in [-0.15, -0.1) is 0 Å². The van der Waals surface area contributed by atoms with Gasteiger partial charge in [-0.1, -0.05) is 13.8 Å². The summed E-state index contributed by atoms with van der Waals surface area (Å²) in [6.45, 7) is 25.6. The van der Waals surface area contributed by atoms with Crippen LogP contribution in [0.25, 0.3) is 0 Å². The van der Waals surface area contributed by atoms with E-state index in [1.165, 1.54) is 0 Å². The molecule has 0 radical (unpaired) electrons. The van der Waals surface area contributed by atoms with Crippen molar-refractivity contribution in [1.82, 2.24) is 15.5 Å². The maximum absolute atomic E-state index is 10.7. The summed E-state index contributed by atoms with van der Waals surface area (Å²) >= 11 is 0. The first kappa shape index (κ1) is 36.6. The van der Waals surface area contributed by atoms with Crippen molar-refractivity contribution in [2.75, 3.05) is 59.1 Å². The molecule has 0 aliphatic rings. The summed E-state index contributed by atoms with van der Waals surface area (Å²) in [5.41, 5.74) is 4.44. The smallest absolute Gasteiger partial charge is 0.170 e. The molecule has 9 nitrogen and oxygen atoms in total. The molecule has 0 amide bonds. The molecule has 0 bridgehead atoms. The lowest BCUT2D eigenvalue weighted by molar-refractivity contribution is -0.224. The molecule has 6 N–H and O–H groups in total. The van der Waals surface area contributed by atoms with Gasteiger partial charge < -0.3 is 45.7 Å². The fourth-order valence-electron chi connectivity index (χ4n) is 4.22. The molecule has 3 atom stereocenters. The average molecular weight is 535 g/mol. The first-order chi connectivity index (χ1) is 17.1. The van der Waals surface area contributed by atoms with E-state index in [0.29, 0.717) is 19.7 Å². The molecule has 9 heteroatoms. The molecule has 0 spiro atoms. The van der Waals surface area contributed by atoms with Crippen molar-refractivity contribution in [3.8, 4) is 0 Å². The first-order valence-electron chi connectivity index (χ1n) is 14.2. The largest absolute Gasteiger partial charge is 0.396 e. The molecule has 0 aliphatic carbocycles. The summed E-state index contributed by atoms with van der Waals surface area (Å²) in [6.07, 6.45) is 0.691. The second-order valence-electron chi connectivity index (χ2n) is 12.2. The van der Waals surface area contributed by atoms with Crippen molar-refractivity contribution < 1.29 is 24.4 Å². The van der Waals surface area contributed by atoms with E-state index in [-0.39, 0.29) is 30.4 Å². The molecule has 0 saturated heterocycles. The maximum atomic E-state index is 10.7. The predicted octanol–water partition coefficient (Wildman–Crippen LogP) is 2.34. The van der Waals surface area contributed by atoms with Crippen LogP contribution in [-0.2, 0) is 14.2 Å². The Hall–Kier alpha value is -0.360. The Balaban J connectivity index is 5.26. The van der Waals surface area contributed by atoms with Gasteiger partial charge in [0.05, 0.1) is 37.6 Å². The zero-order chi connectivity index (χ0) is 28.7. The number of hydrogen-bond donors (Lipinski definition) is 5. The van der Waals surface area contributed by atoms with E-state index in [1.807, 2.05) is 13.8 Å². The summed E-state index contributed by atoms with van der Waals surface area (Å²) in [6, 6.07) is 0. The molecule has 3 unspecified atom stereocenters. The average Bonchev–Trinajstić information content (AvgIpc) is 2.76. The van der Waals surface area contributed by atoms with Gasteiger partial charge in [0, 0.05) is 30.1 Å². The minimum atomic E-state index is -1.14. The van der Waals surface area contributed by atoms with Crippen LogP contribution in [0.2, 0.25) is 0 Å². The van der Waals surface area contributed by atoms with E-state index in [9.17, 15) is 10.2 Å². The topological polar surface area (TPSA) is 121 Å². The van der Waals surface area contributed by atoms with Gasteiger partial charge in [0.15, 0.2) is 6.29 Å². The van der Waals surface area contributed by atoms with Crippen LogP contribution in [0.3, 0.4) is 0 Å². The Bertz CT molecular complexity index is 565. The fraction of sp³-hybridized carbons (Fsp3) is 1.00. The predicted molar refractivity (Wildman–Crippen MR) is 153 cm³/mol. The Morgan fingerprint density at radius 1 is 0.919 bits per heavy atom. The summed E-state index contributed by atoms with van der Waals surface area (Å²) in [5, 5.41) is 28.1. The van der Waals surface area contributed by atoms with Crippen LogP contribution in [0.5, 0.6) is 0 Å². The zero-order valence-corrected chi connectivity index (χ0v) is 25.7. The number of nitrogens with one attached hydrogen (secondary N) is 2. The van der Waals surface area contributed by atoms with Crippen molar-refractivity contribution >= 4 is 0 Å². The van der Waals surface area contributed by atoms with Gasteiger partial charge in [0.2, 0.25) is 0 Å². The molecule has 0 rings (SSSR count). The van der Waals surface area contributed by atoms with Gasteiger partial charge in [-0.3, -0.25) is 0 Å². The molecule has 0 aromatic rings. The normalized spacial score (nSPS) is 16.0. The Morgan fingerprint density at radius 3 is 2.00 bits per heavy atom. The highest BCUT2D eigenvalue weighted by Crippen LogP contribution is 2.24. The lowest BCUT2D eigenvalue weighted by Crippen LogP contribution is -2.51. The van der Waals surface area contributed by atoms with Crippen molar-refractivity contribution in [3.05, 3.63) is 0 Å². The maximum Gasteiger partial charge on any atom is 0.170 e. The molecule has 0 saturated carbocycles. The Labute approximate surface area is 228 Å². The molecule has 0 aromatic carbocycles. The van der Waals surface area contributed by atoms with E-state index in [1.54, 1.807) is 13.8 Å². The second kappa shape index (κ2) is 18.1. The van der Waals surface area contributed by atoms with Crippen LogP contribution in [0, 0.1) is 5.92 Å². The van der Waals surface area contributed by atoms with Gasteiger partial charge in [0.25, 0.3) is 0 Å². The number of aliphatic hydroxyl groups is 2. The highest BCUT2D eigenvalue weighted by Gasteiger charge is 2.36. The summed E-state index contributed by atoms with van der Waals surface area (Å²) in [4.78, 5) is 2.29. The number of nitrogens with zero attached hydrogens (tertiary/aromatic N) is 1. The minimum Gasteiger partial charge on any atom is -0.396 e. The van der Waals surface area contributed by atoms with Gasteiger partial charge in [-0.2, -0.15) is 0 Å². The van der Waals surface area contributed by atoms with Crippen LogP contribution < -0.4 is 16.4 Å². The van der Waals surface area contributed by atoms with Crippen LogP contribution >= 0.6 is 0 Å². The molecule has 0 fully saturated rings. The molecule has 37 heavy (non-hydrogen) atoms. The number of hydrogen-bond acceptors (Lipinski definition) is 9.